The Morgan fingerprint density at radius 2 is 2.00 bits per heavy atom. The minimum atomic E-state index is -1.23. The first-order chi connectivity index (χ1) is 11.6. The Morgan fingerprint density at radius 3 is 2.56 bits per heavy atom. The van der Waals surface area contributed by atoms with Crippen LogP contribution < -0.4 is 5.23 Å². The van der Waals surface area contributed by atoms with Crippen LogP contribution in [0, 0.1) is 5.21 Å². The predicted octanol–water partition coefficient (Wildman–Crippen LogP) is 3.84. The van der Waals surface area contributed by atoms with Crippen molar-refractivity contribution in [3.05, 3.63) is 46.3 Å². The van der Waals surface area contributed by atoms with Gasteiger partial charge in [-0.2, -0.15) is 0 Å². The Kier molecular flexibility index (Phi) is 8.38. The first-order valence-corrected chi connectivity index (χ1v) is 8.64. The molecular formula is C19H31N2O4-. The van der Waals surface area contributed by atoms with Gasteiger partial charge in [0.1, 0.15) is 5.82 Å². The van der Waals surface area contributed by atoms with Gasteiger partial charge in [-0.1, -0.05) is 23.3 Å². The maximum absolute atomic E-state index is 10.8. The highest BCUT2D eigenvalue weighted by atomic mass is 16.8. The zero-order chi connectivity index (χ0) is 19.0. The summed E-state index contributed by atoms with van der Waals surface area (Å²) in [5.41, 5.74) is 2.00. The summed E-state index contributed by atoms with van der Waals surface area (Å²) in [6, 6.07) is 1.44. The van der Waals surface area contributed by atoms with Crippen LogP contribution in [0.5, 0.6) is 0 Å². The molecule has 2 atom stereocenters. The fourth-order valence-electron chi connectivity index (χ4n) is 2.56. The maximum atomic E-state index is 10.8. The molecule has 0 spiro atoms. The third kappa shape index (κ3) is 7.88. The molecule has 25 heavy (non-hydrogen) atoms. The average molecular weight is 351 g/mol. The predicted molar refractivity (Wildman–Crippen MR) is 100 cm³/mol. The van der Waals surface area contributed by atoms with Crippen LogP contribution in [0.15, 0.2) is 35.6 Å². The van der Waals surface area contributed by atoms with Crippen molar-refractivity contribution in [2.75, 3.05) is 5.23 Å². The summed E-state index contributed by atoms with van der Waals surface area (Å²) in [5, 5.41) is 40.1. The van der Waals surface area contributed by atoms with Crippen molar-refractivity contribution in [3.8, 4) is 0 Å². The van der Waals surface area contributed by atoms with Crippen molar-refractivity contribution in [1.82, 2.24) is 4.98 Å². The number of nitrogens with zero attached hydrogens (tertiary/aromatic N) is 1. The van der Waals surface area contributed by atoms with E-state index in [0.29, 0.717) is 18.4 Å². The second-order valence-corrected chi connectivity index (χ2v) is 7.15. The molecule has 4 N–H and O–H groups in total. The standard InChI is InChI=1S/C19H31N2O4/c1-14(2)7-5-8-15(3)9-6-10-19(4,23)17(22)11-16-12-18(20-13-16)21(24)25/h7,9,12-13,17,20,22-24H,5-6,8,10-11H2,1-4H3/q-1/b15-9+/t17-,19+/m1/s1. The molecule has 0 aliphatic heterocycles. The quantitative estimate of drug-likeness (QED) is 0.379. The molecular weight excluding hydrogens is 320 g/mol. The van der Waals surface area contributed by atoms with E-state index in [1.54, 1.807) is 6.92 Å². The average Bonchev–Trinajstić information content (AvgIpc) is 2.95. The number of aliphatic hydroxyl groups is 2. The number of aromatic nitrogens is 1. The summed E-state index contributed by atoms with van der Waals surface area (Å²) >= 11 is 0. The van der Waals surface area contributed by atoms with Gasteiger partial charge in [-0.05, 0) is 65.0 Å². The van der Waals surface area contributed by atoms with E-state index in [2.05, 4.69) is 37.9 Å². The molecule has 0 saturated carbocycles. The van der Waals surface area contributed by atoms with E-state index in [4.69, 9.17) is 5.21 Å². The highest BCUT2D eigenvalue weighted by Crippen LogP contribution is 2.23. The number of aromatic amines is 1. The highest BCUT2D eigenvalue weighted by molar-refractivity contribution is 5.40. The smallest absolute Gasteiger partial charge is 0.119 e. The molecule has 0 saturated heterocycles. The monoisotopic (exact) mass is 351 g/mol. The van der Waals surface area contributed by atoms with Crippen molar-refractivity contribution in [2.24, 2.45) is 0 Å². The molecule has 0 aliphatic carbocycles. The molecule has 0 amide bonds. The van der Waals surface area contributed by atoms with Gasteiger partial charge in [0, 0.05) is 12.6 Å². The molecule has 0 bridgehead atoms. The number of H-pyrrole nitrogens is 1. The van der Waals surface area contributed by atoms with Crippen LogP contribution in [0.1, 0.15) is 58.9 Å². The van der Waals surface area contributed by atoms with Gasteiger partial charge >= 0.3 is 0 Å². The van der Waals surface area contributed by atoms with Gasteiger partial charge < -0.3 is 25.6 Å². The molecule has 1 rings (SSSR count). The third-order valence-electron chi connectivity index (χ3n) is 4.32. The minimum Gasteiger partial charge on any atom is -0.732 e. The van der Waals surface area contributed by atoms with Gasteiger partial charge in [-0.15, -0.1) is 0 Å². The lowest BCUT2D eigenvalue weighted by molar-refractivity contribution is -0.0654. The molecule has 6 heteroatoms. The van der Waals surface area contributed by atoms with Gasteiger partial charge in [0.15, 0.2) is 0 Å². The SMILES string of the molecule is CC(C)=CCC/C(C)=C/CC[C@](C)(O)[C@H](O)Cc1c[nH]c(N([O-])O)c1. The van der Waals surface area contributed by atoms with Crippen LogP contribution in [0.2, 0.25) is 0 Å². The van der Waals surface area contributed by atoms with Crippen LogP contribution in [-0.4, -0.2) is 32.1 Å². The number of hydrogen-bond acceptors (Lipinski definition) is 5. The zero-order valence-corrected chi connectivity index (χ0v) is 15.6. The van der Waals surface area contributed by atoms with Crippen LogP contribution in [0.3, 0.4) is 0 Å². The molecule has 0 radical (unpaired) electrons. The second kappa shape index (κ2) is 9.77. The van der Waals surface area contributed by atoms with Crippen LogP contribution >= 0.6 is 0 Å². The topological polar surface area (TPSA) is 103 Å². The number of allylic oxidation sites excluding steroid dienone is 4. The van der Waals surface area contributed by atoms with E-state index in [1.807, 2.05) is 0 Å². The Hall–Kier alpha value is -1.60. The molecule has 1 aromatic heterocycles. The van der Waals surface area contributed by atoms with Crippen molar-refractivity contribution in [3.63, 3.8) is 0 Å². The van der Waals surface area contributed by atoms with E-state index in [0.717, 1.165) is 12.8 Å². The van der Waals surface area contributed by atoms with Gasteiger partial charge in [-0.3, -0.25) is 5.21 Å². The molecule has 0 unspecified atom stereocenters. The van der Waals surface area contributed by atoms with Crippen molar-refractivity contribution in [1.29, 1.82) is 0 Å². The fraction of sp³-hybridized carbons (Fsp3) is 0.579. The normalized spacial score (nSPS) is 15.6. The van der Waals surface area contributed by atoms with E-state index in [1.165, 1.54) is 23.4 Å². The summed E-state index contributed by atoms with van der Waals surface area (Å²) < 4.78 is 0. The van der Waals surface area contributed by atoms with Crippen LogP contribution in [0.25, 0.3) is 0 Å². The Bertz CT molecular complexity index is 584. The molecule has 6 nitrogen and oxygen atoms in total. The highest BCUT2D eigenvalue weighted by Gasteiger charge is 2.29. The van der Waals surface area contributed by atoms with Gasteiger partial charge in [0.25, 0.3) is 0 Å². The summed E-state index contributed by atoms with van der Waals surface area (Å²) in [7, 11) is 0. The lowest BCUT2D eigenvalue weighted by Crippen LogP contribution is -2.40. The van der Waals surface area contributed by atoms with E-state index in [-0.39, 0.29) is 17.5 Å². The van der Waals surface area contributed by atoms with E-state index in [9.17, 15) is 15.4 Å². The van der Waals surface area contributed by atoms with Crippen molar-refractivity contribution >= 4 is 5.82 Å². The lowest BCUT2D eigenvalue weighted by Gasteiger charge is -2.28. The van der Waals surface area contributed by atoms with Crippen molar-refractivity contribution < 1.29 is 15.4 Å². The van der Waals surface area contributed by atoms with E-state index < -0.39 is 11.7 Å². The van der Waals surface area contributed by atoms with Crippen LogP contribution in [0.4, 0.5) is 5.82 Å². The van der Waals surface area contributed by atoms with Gasteiger partial charge in [-0.25, -0.2) is 0 Å². The summed E-state index contributed by atoms with van der Waals surface area (Å²) in [6.45, 7) is 7.86. The number of aliphatic hydroxyl groups excluding tert-OH is 1. The summed E-state index contributed by atoms with van der Waals surface area (Å²) in [4.78, 5) is 2.60. The van der Waals surface area contributed by atoms with Crippen molar-refractivity contribution in [2.45, 2.75) is 71.5 Å². The maximum Gasteiger partial charge on any atom is 0.119 e. The first kappa shape index (κ1) is 21.4. The molecule has 142 valence electrons. The molecule has 1 heterocycles. The minimum absolute atomic E-state index is 0.00299. The molecule has 0 aromatic carbocycles. The molecule has 0 fully saturated rings. The largest absolute Gasteiger partial charge is 0.732 e. The summed E-state index contributed by atoms with van der Waals surface area (Å²) in [6.07, 6.45) is 8.22. The molecule has 0 aliphatic rings. The number of hydrogen-bond donors (Lipinski definition) is 4. The summed E-state index contributed by atoms with van der Waals surface area (Å²) in [5.74, 6) is -0.00299. The first-order valence-electron chi connectivity index (χ1n) is 8.64. The fourth-order valence-corrected chi connectivity index (χ4v) is 2.56. The van der Waals surface area contributed by atoms with Gasteiger partial charge in [0.05, 0.1) is 11.7 Å². The Balaban J connectivity index is 2.48. The van der Waals surface area contributed by atoms with E-state index >= 15 is 0 Å². The van der Waals surface area contributed by atoms with Crippen LogP contribution in [-0.2, 0) is 6.42 Å². The number of anilines is 1. The second-order valence-electron chi connectivity index (χ2n) is 7.15. The number of nitrogens with one attached hydrogen (secondary N) is 1. The Morgan fingerprint density at radius 1 is 1.32 bits per heavy atom. The Labute approximate surface area is 150 Å². The van der Waals surface area contributed by atoms with Gasteiger partial charge in [0.2, 0.25) is 0 Å². The number of rotatable bonds is 10. The lowest BCUT2D eigenvalue weighted by atomic mass is 9.89. The third-order valence-corrected chi connectivity index (χ3v) is 4.32. The molecule has 1 aromatic rings. The zero-order valence-electron chi connectivity index (χ0n) is 15.6.